The van der Waals surface area contributed by atoms with Gasteiger partial charge in [0.25, 0.3) is 0 Å². The van der Waals surface area contributed by atoms with Gasteiger partial charge in [-0.05, 0) is 22.3 Å². The minimum Gasteiger partial charge on any atom is -0.326 e. The van der Waals surface area contributed by atoms with E-state index in [0.29, 0.717) is 6.54 Å². The van der Waals surface area contributed by atoms with E-state index in [1.165, 1.54) is 22.3 Å². The molecule has 2 aromatic carbocycles. The zero-order chi connectivity index (χ0) is 12.4. The lowest BCUT2D eigenvalue weighted by atomic mass is 10.0. The maximum absolute atomic E-state index is 5.80. The Morgan fingerprint density at radius 1 is 0.944 bits per heavy atom. The highest BCUT2D eigenvalue weighted by Crippen LogP contribution is 2.26. The predicted octanol–water partition coefficient (Wildman–Crippen LogP) is 2.66. The summed E-state index contributed by atoms with van der Waals surface area (Å²) in [5.41, 5.74) is 11.4. The Morgan fingerprint density at radius 2 is 1.78 bits per heavy atom. The lowest BCUT2D eigenvalue weighted by molar-refractivity contribution is 0.275. The van der Waals surface area contributed by atoms with Gasteiger partial charge in [0.1, 0.15) is 0 Å². The molecule has 0 saturated heterocycles. The zero-order valence-electron chi connectivity index (χ0n) is 10.5. The number of nitrogens with zero attached hydrogens (tertiary/aromatic N) is 1. The van der Waals surface area contributed by atoms with Crippen molar-refractivity contribution in [1.29, 1.82) is 0 Å². The molecule has 18 heavy (non-hydrogen) atoms. The summed E-state index contributed by atoms with van der Waals surface area (Å²) in [6.45, 7) is 3.72. The van der Waals surface area contributed by atoms with Crippen LogP contribution in [0.15, 0.2) is 48.5 Å². The van der Waals surface area contributed by atoms with Gasteiger partial charge >= 0.3 is 0 Å². The number of hydrogen-bond donors (Lipinski definition) is 1. The summed E-state index contributed by atoms with van der Waals surface area (Å²) >= 11 is 0. The summed E-state index contributed by atoms with van der Waals surface area (Å²) in [5.74, 6) is 0. The van der Waals surface area contributed by atoms with Crippen LogP contribution in [0.1, 0.15) is 22.3 Å². The first kappa shape index (κ1) is 11.5. The molecule has 0 saturated carbocycles. The zero-order valence-corrected chi connectivity index (χ0v) is 10.5. The molecule has 2 aromatic rings. The maximum atomic E-state index is 5.80. The number of rotatable bonds is 3. The monoisotopic (exact) mass is 238 g/mol. The number of benzene rings is 2. The topological polar surface area (TPSA) is 29.3 Å². The van der Waals surface area contributed by atoms with E-state index >= 15 is 0 Å². The lowest BCUT2D eigenvalue weighted by Gasteiger charge is -2.14. The first-order valence-corrected chi connectivity index (χ1v) is 6.43. The van der Waals surface area contributed by atoms with Gasteiger partial charge in [-0.2, -0.15) is 0 Å². The summed E-state index contributed by atoms with van der Waals surface area (Å²) in [6.07, 6.45) is 0. The summed E-state index contributed by atoms with van der Waals surface area (Å²) in [5, 5.41) is 0. The molecule has 0 aliphatic carbocycles. The SMILES string of the molecule is NCc1cccc2c1CN(Cc1ccccc1)C2. The number of fused-ring (bicyclic) bond motifs is 1. The van der Waals surface area contributed by atoms with Crippen molar-refractivity contribution >= 4 is 0 Å². The van der Waals surface area contributed by atoms with Gasteiger partial charge in [-0.3, -0.25) is 4.90 Å². The van der Waals surface area contributed by atoms with Crippen molar-refractivity contribution in [3.05, 3.63) is 70.8 Å². The number of hydrogen-bond acceptors (Lipinski definition) is 2. The molecule has 1 aliphatic heterocycles. The Morgan fingerprint density at radius 3 is 2.56 bits per heavy atom. The second-order valence-corrected chi connectivity index (χ2v) is 4.89. The minimum atomic E-state index is 0.641. The van der Waals surface area contributed by atoms with Crippen LogP contribution in [0, 0.1) is 0 Å². The van der Waals surface area contributed by atoms with E-state index in [4.69, 9.17) is 5.73 Å². The summed E-state index contributed by atoms with van der Waals surface area (Å²) in [7, 11) is 0. The van der Waals surface area contributed by atoms with Crippen molar-refractivity contribution in [3.63, 3.8) is 0 Å². The van der Waals surface area contributed by atoms with Gasteiger partial charge in [-0.25, -0.2) is 0 Å². The third-order valence-corrected chi connectivity index (χ3v) is 3.61. The molecule has 2 nitrogen and oxygen atoms in total. The van der Waals surface area contributed by atoms with E-state index in [-0.39, 0.29) is 0 Å². The van der Waals surface area contributed by atoms with Gasteiger partial charge in [0.05, 0.1) is 0 Å². The van der Waals surface area contributed by atoms with Crippen molar-refractivity contribution in [2.45, 2.75) is 26.2 Å². The fourth-order valence-electron chi connectivity index (χ4n) is 2.70. The Bertz CT molecular complexity index is 534. The maximum Gasteiger partial charge on any atom is 0.0247 e. The van der Waals surface area contributed by atoms with E-state index in [9.17, 15) is 0 Å². The molecular formula is C16H18N2. The highest BCUT2D eigenvalue weighted by atomic mass is 15.1. The van der Waals surface area contributed by atoms with Crippen LogP contribution in [0.2, 0.25) is 0 Å². The van der Waals surface area contributed by atoms with E-state index < -0.39 is 0 Å². The van der Waals surface area contributed by atoms with Gasteiger partial charge in [0.2, 0.25) is 0 Å². The van der Waals surface area contributed by atoms with E-state index in [1.807, 2.05) is 0 Å². The highest BCUT2D eigenvalue weighted by molar-refractivity contribution is 5.38. The molecule has 0 spiro atoms. The smallest absolute Gasteiger partial charge is 0.0247 e. The molecule has 0 unspecified atom stereocenters. The normalized spacial score (nSPS) is 14.7. The summed E-state index contributed by atoms with van der Waals surface area (Å²) in [4.78, 5) is 2.47. The van der Waals surface area contributed by atoms with Gasteiger partial charge in [-0.1, -0.05) is 48.5 Å². The average molecular weight is 238 g/mol. The van der Waals surface area contributed by atoms with Crippen LogP contribution in [0.4, 0.5) is 0 Å². The number of nitrogens with two attached hydrogens (primary N) is 1. The van der Waals surface area contributed by atoms with Crippen LogP contribution in [0.3, 0.4) is 0 Å². The fourth-order valence-corrected chi connectivity index (χ4v) is 2.70. The Labute approximate surface area is 108 Å². The molecule has 0 fully saturated rings. The van der Waals surface area contributed by atoms with Crippen molar-refractivity contribution in [2.75, 3.05) is 0 Å². The quantitative estimate of drug-likeness (QED) is 0.890. The highest BCUT2D eigenvalue weighted by Gasteiger charge is 2.20. The molecule has 2 heteroatoms. The van der Waals surface area contributed by atoms with Crippen molar-refractivity contribution in [3.8, 4) is 0 Å². The van der Waals surface area contributed by atoms with Gasteiger partial charge in [-0.15, -0.1) is 0 Å². The third-order valence-electron chi connectivity index (χ3n) is 3.61. The molecule has 0 bridgehead atoms. The lowest BCUT2D eigenvalue weighted by Crippen LogP contribution is -2.15. The molecule has 1 heterocycles. The van der Waals surface area contributed by atoms with Crippen LogP contribution in [0.25, 0.3) is 0 Å². The van der Waals surface area contributed by atoms with Crippen LogP contribution in [-0.2, 0) is 26.2 Å². The molecule has 0 radical (unpaired) electrons. The first-order chi connectivity index (χ1) is 8.86. The summed E-state index contributed by atoms with van der Waals surface area (Å²) < 4.78 is 0. The van der Waals surface area contributed by atoms with Crippen molar-refractivity contribution in [2.24, 2.45) is 5.73 Å². The van der Waals surface area contributed by atoms with E-state index in [2.05, 4.69) is 53.4 Å². The molecule has 0 amide bonds. The molecule has 0 atom stereocenters. The molecule has 0 aromatic heterocycles. The molecule has 1 aliphatic rings. The molecule has 92 valence electrons. The van der Waals surface area contributed by atoms with Crippen molar-refractivity contribution in [1.82, 2.24) is 4.90 Å². The molecule has 2 N–H and O–H groups in total. The Hall–Kier alpha value is -1.64. The van der Waals surface area contributed by atoms with Crippen LogP contribution >= 0.6 is 0 Å². The van der Waals surface area contributed by atoms with Crippen molar-refractivity contribution < 1.29 is 0 Å². The predicted molar refractivity (Wildman–Crippen MR) is 73.7 cm³/mol. The molecule has 3 rings (SSSR count). The van der Waals surface area contributed by atoms with Gasteiger partial charge in [0.15, 0.2) is 0 Å². The Kier molecular flexibility index (Phi) is 3.13. The van der Waals surface area contributed by atoms with E-state index in [0.717, 1.165) is 19.6 Å². The first-order valence-electron chi connectivity index (χ1n) is 6.43. The van der Waals surface area contributed by atoms with Crippen LogP contribution < -0.4 is 5.73 Å². The van der Waals surface area contributed by atoms with E-state index in [1.54, 1.807) is 0 Å². The largest absolute Gasteiger partial charge is 0.326 e. The summed E-state index contributed by atoms with van der Waals surface area (Å²) in [6, 6.07) is 17.1. The average Bonchev–Trinajstić information content (AvgIpc) is 2.82. The standard InChI is InChI=1S/C16H18N2/c17-9-14-7-4-8-15-11-18(12-16(14)15)10-13-5-2-1-3-6-13/h1-8H,9-12,17H2. The van der Waals surface area contributed by atoms with Gasteiger partial charge in [0, 0.05) is 26.2 Å². The second-order valence-electron chi connectivity index (χ2n) is 4.89. The third kappa shape index (κ3) is 2.17. The second kappa shape index (κ2) is 4.92. The fraction of sp³-hybridized carbons (Fsp3) is 0.250. The van der Waals surface area contributed by atoms with Crippen LogP contribution in [-0.4, -0.2) is 4.90 Å². The Balaban J connectivity index is 1.77. The molecular weight excluding hydrogens is 220 g/mol. The van der Waals surface area contributed by atoms with Gasteiger partial charge < -0.3 is 5.73 Å². The van der Waals surface area contributed by atoms with Crippen LogP contribution in [0.5, 0.6) is 0 Å². The minimum absolute atomic E-state index is 0.641.